The van der Waals surface area contributed by atoms with Crippen molar-refractivity contribution in [3.8, 4) is 17.2 Å². The van der Waals surface area contributed by atoms with Crippen LogP contribution in [0.1, 0.15) is 15.9 Å². The average molecular weight is 445 g/mol. The number of carbonyl (C=O) groups excluding carboxylic acids is 1. The van der Waals surface area contributed by atoms with Crippen molar-refractivity contribution in [2.45, 2.75) is 6.54 Å². The van der Waals surface area contributed by atoms with Gasteiger partial charge in [-0.25, -0.2) is 9.59 Å². The van der Waals surface area contributed by atoms with Crippen molar-refractivity contribution in [3.05, 3.63) is 65.7 Å². The van der Waals surface area contributed by atoms with E-state index in [4.69, 9.17) is 24.4 Å². The molecule has 0 amide bonds. The summed E-state index contributed by atoms with van der Waals surface area (Å²) in [7, 11) is 6.74. The Hall–Kier alpha value is -3.85. The SMILES string of the molecule is COc1ccc(C(=O)CN(C)Cc2ccc(OC)c(OC)c2)cc1.O=C(O)/C=C\C(=O)O. The van der Waals surface area contributed by atoms with Gasteiger partial charge >= 0.3 is 11.9 Å². The predicted molar refractivity (Wildman–Crippen MR) is 118 cm³/mol. The van der Waals surface area contributed by atoms with Gasteiger partial charge in [0.1, 0.15) is 5.75 Å². The number of hydrogen-bond acceptors (Lipinski definition) is 7. The van der Waals surface area contributed by atoms with E-state index in [-0.39, 0.29) is 5.78 Å². The molecule has 9 heteroatoms. The molecule has 0 aliphatic heterocycles. The number of benzene rings is 2. The van der Waals surface area contributed by atoms with E-state index >= 15 is 0 Å². The lowest BCUT2D eigenvalue weighted by Gasteiger charge is -2.17. The topological polar surface area (TPSA) is 123 Å². The Morgan fingerprint density at radius 1 is 0.844 bits per heavy atom. The molecule has 0 aliphatic carbocycles. The molecule has 172 valence electrons. The molecule has 0 bridgehead atoms. The van der Waals surface area contributed by atoms with Gasteiger partial charge in [-0.3, -0.25) is 9.69 Å². The molecule has 0 saturated carbocycles. The second-order valence-electron chi connectivity index (χ2n) is 6.52. The highest BCUT2D eigenvalue weighted by molar-refractivity contribution is 5.97. The van der Waals surface area contributed by atoms with Gasteiger partial charge in [-0.1, -0.05) is 6.07 Å². The number of hydrogen-bond donors (Lipinski definition) is 2. The molecule has 0 aromatic heterocycles. The fourth-order valence-corrected chi connectivity index (χ4v) is 2.60. The fourth-order valence-electron chi connectivity index (χ4n) is 2.60. The van der Waals surface area contributed by atoms with Crippen molar-refractivity contribution in [3.63, 3.8) is 0 Å². The first kappa shape index (κ1) is 26.2. The van der Waals surface area contributed by atoms with Crippen LogP contribution in [0.2, 0.25) is 0 Å². The third kappa shape index (κ3) is 9.31. The van der Waals surface area contributed by atoms with Crippen molar-refractivity contribution >= 4 is 17.7 Å². The second kappa shape index (κ2) is 13.5. The summed E-state index contributed by atoms with van der Waals surface area (Å²) in [5, 5.41) is 15.6. The zero-order chi connectivity index (χ0) is 24.1. The quantitative estimate of drug-likeness (QED) is 0.420. The molecular weight excluding hydrogens is 418 g/mol. The molecule has 0 fully saturated rings. The van der Waals surface area contributed by atoms with Gasteiger partial charge in [0.2, 0.25) is 0 Å². The minimum atomic E-state index is -1.26. The first-order valence-electron chi connectivity index (χ1n) is 9.40. The van der Waals surface area contributed by atoms with Gasteiger partial charge < -0.3 is 24.4 Å². The zero-order valence-corrected chi connectivity index (χ0v) is 18.4. The number of rotatable bonds is 10. The van der Waals surface area contributed by atoms with Crippen molar-refractivity contribution in [1.82, 2.24) is 4.90 Å². The molecule has 0 atom stereocenters. The minimum Gasteiger partial charge on any atom is -0.497 e. The average Bonchev–Trinajstić information content (AvgIpc) is 2.77. The summed E-state index contributed by atoms with van der Waals surface area (Å²) >= 11 is 0. The van der Waals surface area contributed by atoms with Gasteiger partial charge in [0.05, 0.1) is 27.9 Å². The van der Waals surface area contributed by atoms with Crippen LogP contribution in [0.4, 0.5) is 0 Å². The summed E-state index contributed by atoms with van der Waals surface area (Å²) < 4.78 is 15.6. The molecule has 2 N–H and O–H groups in total. The van der Waals surface area contributed by atoms with E-state index < -0.39 is 11.9 Å². The molecule has 0 aliphatic rings. The maximum atomic E-state index is 12.3. The Labute approximate surface area is 186 Å². The number of carbonyl (C=O) groups is 3. The number of nitrogens with zero attached hydrogens (tertiary/aromatic N) is 1. The lowest BCUT2D eigenvalue weighted by molar-refractivity contribution is -0.134. The molecule has 32 heavy (non-hydrogen) atoms. The van der Waals surface area contributed by atoms with Crippen LogP contribution in [0.25, 0.3) is 0 Å². The largest absolute Gasteiger partial charge is 0.497 e. The van der Waals surface area contributed by atoms with Crippen LogP contribution in [-0.2, 0) is 16.1 Å². The minimum absolute atomic E-state index is 0.0700. The molecular formula is C23H27NO8. The smallest absolute Gasteiger partial charge is 0.328 e. The van der Waals surface area contributed by atoms with Gasteiger partial charge in [0, 0.05) is 24.3 Å². The summed E-state index contributed by atoms with van der Waals surface area (Å²) in [5.74, 6) is -0.325. The molecule has 0 saturated heterocycles. The Morgan fingerprint density at radius 3 is 1.88 bits per heavy atom. The Bertz CT molecular complexity index is 922. The van der Waals surface area contributed by atoms with Crippen LogP contribution >= 0.6 is 0 Å². The Morgan fingerprint density at radius 2 is 1.41 bits per heavy atom. The van der Waals surface area contributed by atoms with E-state index in [9.17, 15) is 14.4 Å². The highest BCUT2D eigenvalue weighted by atomic mass is 16.5. The van der Waals surface area contributed by atoms with Crippen LogP contribution in [0.15, 0.2) is 54.6 Å². The fraction of sp³-hybridized carbons (Fsp3) is 0.261. The third-order valence-corrected chi connectivity index (χ3v) is 4.09. The molecule has 9 nitrogen and oxygen atoms in total. The van der Waals surface area contributed by atoms with E-state index in [2.05, 4.69) is 0 Å². The number of carboxylic acid groups (broad SMARTS) is 2. The Kier molecular flexibility index (Phi) is 11.0. The first-order valence-corrected chi connectivity index (χ1v) is 9.40. The monoisotopic (exact) mass is 445 g/mol. The van der Waals surface area contributed by atoms with E-state index in [1.807, 2.05) is 30.1 Å². The summed E-state index contributed by atoms with van der Waals surface area (Å²) in [6.07, 6.45) is 1.12. The number of aliphatic carboxylic acids is 2. The van der Waals surface area contributed by atoms with Crippen molar-refractivity contribution in [2.24, 2.45) is 0 Å². The van der Waals surface area contributed by atoms with Crippen LogP contribution in [0.5, 0.6) is 17.2 Å². The lowest BCUT2D eigenvalue weighted by atomic mass is 10.1. The van der Waals surface area contributed by atoms with Crippen molar-refractivity contribution < 1.29 is 38.8 Å². The van der Waals surface area contributed by atoms with Gasteiger partial charge in [-0.15, -0.1) is 0 Å². The Balaban J connectivity index is 0.000000547. The summed E-state index contributed by atoms with van der Waals surface area (Å²) in [6, 6.07) is 12.9. The predicted octanol–water partition coefficient (Wildman–Crippen LogP) is 2.74. The molecule has 0 unspecified atom stereocenters. The maximum absolute atomic E-state index is 12.3. The van der Waals surface area contributed by atoms with E-state index in [1.165, 1.54) is 0 Å². The highest BCUT2D eigenvalue weighted by Gasteiger charge is 2.11. The number of ether oxygens (including phenoxy) is 3. The molecule has 2 rings (SSSR count). The van der Waals surface area contributed by atoms with Gasteiger partial charge in [0.25, 0.3) is 0 Å². The van der Waals surface area contributed by atoms with E-state index in [1.54, 1.807) is 45.6 Å². The maximum Gasteiger partial charge on any atom is 0.328 e. The number of carboxylic acids is 2. The number of likely N-dealkylation sites (N-methyl/N-ethyl adjacent to an activating group) is 1. The van der Waals surface area contributed by atoms with Gasteiger partial charge in [-0.2, -0.15) is 0 Å². The van der Waals surface area contributed by atoms with Crippen LogP contribution < -0.4 is 14.2 Å². The van der Waals surface area contributed by atoms with Gasteiger partial charge in [0.15, 0.2) is 17.3 Å². The number of Topliss-reactive ketones (excluding diaryl/α,β-unsaturated/α-hetero) is 1. The lowest BCUT2D eigenvalue weighted by Crippen LogP contribution is -2.25. The van der Waals surface area contributed by atoms with Crippen molar-refractivity contribution in [2.75, 3.05) is 34.9 Å². The number of methoxy groups -OCH3 is 3. The third-order valence-electron chi connectivity index (χ3n) is 4.09. The molecule has 0 radical (unpaired) electrons. The second-order valence-corrected chi connectivity index (χ2v) is 6.52. The molecule has 2 aromatic carbocycles. The standard InChI is InChI=1S/C19H23NO4.C4H4O4/c1-20(12-14-5-10-18(23-3)19(11-14)24-4)13-17(21)15-6-8-16(22-2)9-7-15;5-3(6)1-2-4(7)8/h5-11H,12-13H2,1-4H3;1-2H,(H,5,6)(H,7,8)/b;2-1-. The normalized spacial score (nSPS) is 10.3. The summed E-state index contributed by atoms with van der Waals surface area (Å²) in [6.45, 7) is 0.975. The van der Waals surface area contributed by atoms with Gasteiger partial charge in [-0.05, 0) is 49.0 Å². The molecule has 0 heterocycles. The summed E-state index contributed by atoms with van der Waals surface area (Å²) in [4.78, 5) is 33.4. The molecule has 0 spiro atoms. The van der Waals surface area contributed by atoms with Crippen LogP contribution in [0, 0.1) is 0 Å². The highest BCUT2D eigenvalue weighted by Crippen LogP contribution is 2.27. The number of ketones is 1. The van der Waals surface area contributed by atoms with Crippen molar-refractivity contribution in [1.29, 1.82) is 0 Å². The first-order chi connectivity index (χ1) is 15.2. The van der Waals surface area contributed by atoms with E-state index in [0.29, 0.717) is 42.3 Å². The van der Waals surface area contributed by atoms with E-state index in [0.717, 1.165) is 11.3 Å². The van der Waals surface area contributed by atoms with Crippen LogP contribution in [0.3, 0.4) is 0 Å². The molecule has 2 aromatic rings. The zero-order valence-electron chi connectivity index (χ0n) is 18.4. The summed E-state index contributed by atoms with van der Waals surface area (Å²) in [5.41, 5.74) is 1.73. The van der Waals surface area contributed by atoms with Crippen LogP contribution in [-0.4, -0.2) is 67.8 Å².